The molecule has 0 spiro atoms. The molecule has 0 bridgehead atoms. The number of nitrogens with one attached hydrogen (secondary N) is 1. The summed E-state index contributed by atoms with van der Waals surface area (Å²) in [6.07, 6.45) is 6.55. The summed E-state index contributed by atoms with van der Waals surface area (Å²) in [6, 6.07) is 0.602. The largest absolute Gasteiger partial charge is 0.377 e. The zero-order chi connectivity index (χ0) is 12.8. The molecule has 0 amide bonds. The highest BCUT2D eigenvalue weighted by Crippen LogP contribution is 2.51. The topological polar surface area (TPSA) is 39.1 Å². The van der Waals surface area contributed by atoms with Crippen molar-refractivity contribution in [3.8, 4) is 0 Å². The maximum Gasteiger partial charge on any atom is 0.109 e. The number of imidazole rings is 1. The molecule has 1 aliphatic carbocycles. The van der Waals surface area contributed by atoms with Crippen molar-refractivity contribution in [2.75, 3.05) is 13.2 Å². The summed E-state index contributed by atoms with van der Waals surface area (Å²) in [4.78, 5) is 4.36. The number of aromatic nitrogens is 2. The zero-order valence-electron chi connectivity index (χ0n) is 11.5. The number of aryl methyl sites for hydroxylation is 1. The van der Waals surface area contributed by atoms with Crippen molar-refractivity contribution in [3.63, 3.8) is 0 Å². The van der Waals surface area contributed by atoms with Gasteiger partial charge >= 0.3 is 0 Å². The number of rotatable bonds is 4. The highest BCUT2D eigenvalue weighted by molar-refractivity contribution is 5.11. The first-order chi connectivity index (χ1) is 8.60. The lowest BCUT2D eigenvalue weighted by molar-refractivity contribution is -0.112. The average Bonchev–Trinajstić information content (AvgIpc) is 2.92. The van der Waals surface area contributed by atoms with E-state index in [4.69, 9.17) is 4.74 Å². The molecule has 100 valence electrons. The number of ether oxygens (including phenoxy) is 1. The Morgan fingerprint density at radius 2 is 2.39 bits per heavy atom. The molecule has 4 heteroatoms. The lowest BCUT2D eigenvalue weighted by Gasteiger charge is -2.55. The zero-order valence-corrected chi connectivity index (χ0v) is 11.5. The first-order valence-electron chi connectivity index (χ1n) is 6.92. The van der Waals surface area contributed by atoms with Crippen LogP contribution in [0.25, 0.3) is 0 Å². The van der Waals surface area contributed by atoms with Crippen LogP contribution in [-0.2, 0) is 18.2 Å². The van der Waals surface area contributed by atoms with E-state index in [1.165, 1.54) is 6.42 Å². The van der Waals surface area contributed by atoms with Crippen LogP contribution in [0.2, 0.25) is 0 Å². The first-order valence-corrected chi connectivity index (χ1v) is 6.92. The Balaban J connectivity index is 1.53. The minimum absolute atomic E-state index is 0.281. The van der Waals surface area contributed by atoms with E-state index in [9.17, 15) is 0 Å². The van der Waals surface area contributed by atoms with Gasteiger partial charge in [0.2, 0.25) is 0 Å². The van der Waals surface area contributed by atoms with E-state index >= 15 is 0 Å². The number of hydrogen-bond donors (Lipinski definition) is 1. The third-order valence-corrected chi connectivity index (χ3v) is 4.73. The molecule has 0 radical (unpaired) electrons. The van der Waals surface area contributed by atoms with E-state index in [0.717, 1.165) is 31.3 Å². The molecule has 18 heavy (non-hydrogen) atoms. The van der Waals surface area contributed by atoms with E-state index in [1.807, 2.05) is 12.4 Å². The van der Waals surface area contributed by atoms with E-state index in [1.54, 1.807) is 0 Å². The molecular formula is C14H23N3O. The third-order valence-electron chi connectivity index (χ3n) is 4.73. The van der Waals surface area contributed by atoms with Gasteiger partial charge in [-0.3, -0.25) is 0 Å². The van der Waals surface area contributed by atoms with Gasteiger partial charge in [0.25, 0.3) is 0 Å². The molecule has 3 unspecified atom stereocenters. The van der Waals surface area contributed by atoms with Gasteiger partial charge in [0.05, 0.1) is 6.10 Å². The Morgan fingerprint density at radius 3 is 3.11 bits per heavy atom. The highest BCUT2D eigenvalue weighted by Gasteiger charge is 2.58. The van der Waals surface area contributed by atoms with E-state index < -0.39 is 0 Å². The molecule has 1 N–H and O–H groups in total. The van der Waals surface area contributed by atoms with Gasteiger partial charge in [-0.1, -0.05) is 13.8 Å². The van der Waals surface area contributed by atoms with E-state index in [2.05, 4.69) is 35.8 Å². The number of fused-ring (bicyclic) bond motifs is 1. The van der Waals surface area contributed by atoms with Crippen LogP contribution in [0, 0.1) is 11.3 Å². The van der Waals surface area contributed by atoms with Crippen molar-refractivity contribution in [1.82, 2.24) is 14.9 Å². The maximum absolute atomic E-state index is 5.81. The summed E-state index contributed by atoms with van der Waals surface area (Å²) in [7, 11) is 2.05. The maximum atomic E-state index is 5.81. The smallest absolute Gasteiger partial charge is 0.109 e. The standard InChI is InChI=1S/C14H23N3O/c1-14(2)12(10-5-9-18-13(10)14)16-6-4-11-15-7-8-17(11)3/h7-8,10,12-13,16H,4-6,9H2,1-3H3. The molecule has 1 saturated heterocycles. The van der Waals surface area contributed by atoms with Crippen LogP contribution in [0.5, 0.6) is 0 Å². The summed E-state index contributed by atoms with van der Waals surface area (Å²) in [5, 5.41) is 3.71. The molecule has 2 fully saturated rings. The van der Waals surface area contributed by atoms with Gasteiger partial charge in [-0.15, -0.1) is 0 Å². The van der Waals surface area contributed by atoms with Gasteiger partial charge < -0.3 is 14.6 Å². The van der Waals surface area contributed by atoms with Gasteiger partial charge in [0, 0.05) is 56.4 Å². The van der Waals surface area contributed by atoms with Crippen LogP contribution in [0.3, 0.4) is 0 Å². The second-order valence-electron chi connectivity index (χ2n) is 6.20. The number of hydrogen-bond acceptors (Lipinski definition) is 3. The van der Waals surface area contributed by atoms with Crippen LogP contribution in [-0.4, -0.2) is 34.8 Å². The molecule has 2 aliphatic rings. The van der Waals surface area contributed by atoms with Crippen molar-refractivity contribution in [2.45, 2.75) is 38.8 Å². The predicted octanol–water partition coefficient (Wildman–Crippen LogP) is 1.37. The Hall–Kier alpha value is -0.870. The molecule has 1 aliphatic heterocycles. The quantitative estimate of drug-likeness (QED) is 0.876. The van der Waals surface area contributed by atoms with Crippen LogP contribution in [0.1, 0.15) is 26.1 Å². The monoisotopic (exact) mass is 249 g/mol. The SMILES string of the molecule is Cn1ccnc1CCNC1C2CCOC2C1(C)C. The fourth-order valence-electron chi connectivity index (χ4n) is 3.72. The fraction of sp³-hybridized carbons (Fsp3) is 0.786. The van der Waals surface area contributed by atoms with E-state index in [-0.39, 0.29) is 5.41 Å². The first kappa shape index (κ1) is 12.2. The lowest BCUT2D eigenvalue weighted by Crippen LogP contribution is -2.66. The third kappa shape index (κ3) is 1.79. The molecule has 0 aromatic carbocycles. The predicted molar refractivity (Wildman–Crippen MR) is 70.3 cm³/mol. The summed E-state index contributed by atoms with van der Waals surface area (Å²) < 4.78 is 7.90. The lowest BCUT2D eigenvalue weighted by atomic mass is 9.57. The molecular weight excluding hydrogens is 226 g/mol. The minimum Gasteiger partial charge on any atom is -0.377 e. The summed E-state index contributed by atoms with van der Waals surface area (Å²) in [5.41, 5.74) is 0.281. The molecule has 3 atom stereocenters. The van der Waals surface area contributed by atoms with Gasteiger partial charge in [-0.2, -0.15) is 0 Å². The van der Waals surface area contributed by atoms with Crippen LogP contribution in [0.4, 0.5) is 0 Å². The molecule has 1 saturated carbocycles. The highest BCUT2D eigenvalue weighted by atomic mass is 16.5. The molecule has 2 heterocycles. The normalized spacial score (nSPS) is 33.2. The van der Waals surface area contributed by atoms with Gasteiger partial charge in [-0.25, -0.2) is 4.98 Å². The fourth-order valence-corrected chi connectivity index (χ4v) is 3.72. The van der Waals surface area contributed by atoms with E-state index in [0.29, 0.717) is 12.1 Å². The second kappa shape index (κ2) is 4.35. The number of nitrogens with zero attached hydrogens (tertiary/aromatic N) is 2. The Bertz CT molecular complexity index is 426. The second-order valence-corrected chi connectivity index (χ2v) is 6.20. The Kier molecular flexibility index (Phi) is 2.94. The van der Waals surface area contributed by atoms with Crippen molar-refractivity contribution >= 4 is 0 Å². The van der Waals surface area contributed by atoms with Crippen LogP contribution >= 0.6 is 0 Å². The molecule has 3 rings (SSSR count). The summed E-state index contributed by atoms with van der Waals surface area (Å²) in [5.74, 6) is 1.88. The van der Waals surface area contributed by atoms with Gasteiger partial charge in [0.15, 0.2) is 0 Å². The van der Waals surface area contributed by atoms with Crippen molar-refractivity contribution in [3.05, 3.63) is 18.2 Å². The summed E-state index contributed by atoms with van der Waals surface area (Å²) in [6.45, 7) is 6.58. The average molecular weight is 249 g/mol. The minimum atomic E-state index is 0.281. The van der Waals surface area contributed by atoms with Crippen molar-refractivity contribution in [2.24, 2.45) is 18.4 Å². The van der Waals surface area contributed by atoms with Crippen molar-refractivity contribution in [1.29, 1.82) is 0 Å². The van der Waals surface area contributed by atoms with Crippen molar-refractivity contribution < 1.29 is 4.74 Å². The van der Waals surface area contributed by atoms with Gasteiger partial charge in [-0.05, 0) is 6.42 Å². The molecule has 4 nitrogen and oxygen atoms in total. The molecule has 1 aromatic rings. The summed E-state index contributed by atoms with van der Waals surface area (Å²) >= 11 is 0. The Morgan fingerprint density at radius 1 is 1.56 bits per heavy atom. The van der Waals surface area contributed by atoms with Crippen LogP contribution < -0.4 is 5.32 Å². The van der Waals surface area contributed by atoms with Gasteiger partial charge in [0.1, 0.15) is 5.82 Å². The molecule has 1 aromatic heterocycles. The van der Waals surface area contributed by atoms with Crippen LogP contribution in [0.15, 0.2) is 12.4 Å². The Labute approximate surface area is 109 Å².